The molecule has 2 N–H and O–H groups in total. The van der Waals surface area contributed by atoms with E-state index in [0.717, 1.165) is 12.8 Å². The summed E-state index contributed by atoms with van der Waals surface area (Å²) >= 11 is 0. The van der Waals surface area contributed by atoms with Crippen LogP contribution in [0.25, 0.3) is 0 Å². The van der Waals surface area contributed by atoms with Gasteiger partial charge in [-0.1, -0.05) is 0 Å². The zero-order valence-electron chi connectivity index (χ0n) is 11.4. The number of nitro groups is 1. The summed E-state index contributed by atoms with van der Waals surface area (Å²) in [6.45, 7) is 1.82. The molecule has 8 nitrogen and oxygen atoms in total. The first-order chi connectivity index (χ1) is 9.99. The maximum Gasteiger partial charge on any atom is 0.287 e. The lowest BCUT2D eigenvalue weighted by atomic mass is 9.77. The molecule has 2 fully saturated rings. The molecule has 0 aliphatic carbocycles. The molecule has 21 heavy (non-hydrogen) atoms. The Bertz CT molecular complexity index is 601. The summed E-state index contributed by atoms with van der Waals surface area (Å²) in [6, 6.07) is 1.26. The van der Waals surface area contributed by atoms with Crippen LogP contribution < -0.4 is 5.32 Å². The SMILES string of the molecule is O=C1CC2(CCN(C(=O)c3cc([N+](=O)[O-])c[nH]3)CC2)CN1. The first-order valence-corrected chi connectivity index (χ1v) is 6.88. The van der Waals surface area contributed by atoms with Gasteiger partial charge in [-0.05, 0) is 18.3 Å². The zero-order valence-corrected chi connectivity index (χ0v) is 11.4. The van der Waals surface area contributed by atoms with Crippen molar-refractivity contribution in [2.45, 2.75) is 19.3 Å². The van der Waals surface area contributed by atoms with Crippen LogP contribution >= 0.6 is 0 Å². The fraction of sp³-hybridized carbons (Fsp3) is 0.538. The standard InChI is InChI=1S/C13H16N4O4/c18-11-6-13(8-15-11)1-3-16(4-2-13)12(19)10-5-9(7-14-10)17(20)21/h5,7,14H,1-4,6,8H2,(H,15,18). The summed E-state index contributed by atoms with van der Waals surface area (Å²) in [4.78, 5) is 38.1. The highest BCUT2D eigenvalue weighted by atomic mass is 16.6. The second-order valence-electron chi connectivity index (χ2n) is 5.77. The third-order valence-corrected chi connectivity index (χ3v) is 4.42. The molecule has 0 saturated carbocycles. The van der Waals surface area contributed by atoms with E-state index in [0.29, 0.717) is 26.1 Å². The Hall–Kier alpha value is -2.38. The first-order valence-electron chi connectivity index (χ1n) is 6.88. The monoisotopic (exact) mass is 292 g/mol. The van der Waals surface area contributed by atoms with Gasteiger partial charge in [0.25, 0.3) is 11.6 Å². The normalized spacial score (nSPS) is 20.6. The fourth-order valence-corrected chi connectivity index (χ4v) is 3.07. The quantitative estimate of drug-likeness (QED) is 0.616. The second kappa shape index (κ2) is 4.87. The predicted octanol–water partition coefficient (Wildman–Crippen LogP) is 0.665. The van der Waals surface area contributed by atoms with E-state index in [1.165, 1.54) is 12.3 Å². The number of carbonyl (C=O) groups excluding carboxylic acids is 2. The number of amides is 2. The molecule has 1 aromatic heterocycles. The van der Waals surface area contributed by atoms with E-state index in [9.17, 15) is 19.7 Å². The number of nitrogens with zero attached hydrogens (tertiary/aromatic N) is 2. The van der Waals surface area contributed by atoms with Gasteiger partial charge in [0.05, 0.1) is 11.1 Å². The van der Waals surface area contributed by atoms with E-state index in [1.807, 2.05) is 0 Å². The summed E-state index contributed by atoms with van der Waals surface area (Å²) in [7, 11) is 0. The van der Waals surface area contributed by atoms with Gasteiger partial charge in [-0.25, -0.2) is 0 Å². The number of hydrogen-bond donors (Lipinski definition) is 2. The lowest BCUT2D eigenvalue weighted by molar-refractivity contribution is -0.384. The largest absolute Gasteiger partial charge is 0.356 e. The molecule has 1 aromatic rings. The van der Waals surface area contributed by atoms with Gasteiger partial charge in [0.2, 0.25) is 5.91 Å². The van der Waals surface area contributed by atoms with Crippen LogP contribution in [0.1, 0.15) is 29.8 Å². The molecule has 2 aliphatic rings. The van der Waals surface area contributed by atoms with Crippen molar-refractivity contribution in [3.8, 4) is 0 Å². The van der Waals surface area contributed by atoms with Gasteiger partial charge in [-0.15, -0.1) is 0 Å². The molecule has 0 radical (unpaired) electrons. The van der Waals surface area contributed by atoms with Crippen LogP contribution in [0.5, 0.6) is 0 Å². The molecule has 112 valence electrons. The van der Waals surface area contributed by atoms with Crippen LogP contribution in [-0.2, 0) is 4.79 Å². The fourth-order valence-electron chi connectivity index (χ4n) is 3.07. The highest BCUT2D eigenvalue weighted by Gasteiger charge is 2.41. The minimum atomic E-state index is -0.533. The number of aromatic amines is 1. The molecule has 2 amide bonds. The first kappa shape index (κ1) is 13.6. The third kappa shape index (κ3) is 2.48. The summed E-state index contributed by atoms with van der Waals surface area (Å²) in [5, 5.41) is 13.5. The lowest BCUT2D eigenvalue weighted by Gasteiger charge is -2.37. The Morgan fingerprint density at radius 2 is 2.10 bits per heavy atom. The van der Waals surface area contributed by atoms with E-state index in [1.54, 1.807) is 4.90 Å². The Kier molecular flexibility index (Phi) is 3.15. The van der Waals surface area contributed by atoms with Crippen molar-refractivity contribution < 1.29 is 14.5 Å². The Morgan fingerprint density at radius 1 is 1.38 bits per heavy atom. The third-order valence-electron chi connectivity index (χ3n) is 4.42. The molecule has 1 spiro atoms. The molecule has 0 bridgehead atoms. The Morgan fingerprint density at radius 3 is 2.62 bits per heavy atom. The topological polar surface area (TPSA) is 108 Å². The van der Waals surface area contributed by atoms with Crippen LogP contribution in [0.4, 0.5) is 5.69 Å². The number of piperidine rings is 1. The van der Waals surface area contributed by atoms with Gasteiger partial charge in [-0.3, -0.25) is 19.7 Å². The van der Waals surface area contributed by atoms with Crippen molar-refractivity contribution in [3.63, 3.8) is 0 Å². The summed E-state index contributed by atoms with van der Waals surface area (Å²) in [5.74, 6) is -0.148. The molecule has 0 atom stereocenters. The number of carbonyl (C=O) groups is 2. The number of aromatic nitrogens is 1. The molecule has 3 heterocycles. The van der Waals surface area contributed by atoms with Crippen molar-refractivity contribution in [1.82, 2.24) is 15.2 Å². The van der Waals surface area contributed by atoms with Gasteiger partial charge in [0, 0.05) is 32.1 Å². The van der Waals surface area contributed by atoms with Crippen LogP contribution in [0.15, 0.2) is 12.3 Å². The average molecular weight is 292 g/mol. The summed E-state index contributed by atoms with van der Waals surface area (Å²) < 4.78 is 0. The van der Waals surface area contributed by atoms with Crippen LogP contribution in [0.2, 0.25) is 0 Å². The van der Waals surface area contributed by atoms with Crippen molar-refractivity contribution in [2.24, 2.45) is 5.41 Å². The molecule has 8 heteroatoms. The van der Waals surface area contributed by atoms with Crippen molar-refractivity contribution in [3.05, 3.63) is 28.1 Å². The van der Waals surface area contributed by atoms with Crippen molar-refractivity contribution in [1.29, 1.82) is 0 Å². The predicted molar refractivity (Wildman–Crippen MR) is 72.6 cm³/mol. The van der Waals surface area contributed by atoms with Gasteiger partial charge in [0.1, 0.15) is 5.69 Å². The Balaban J connectivity index is 1.64. The number of H-pyrrole nitrogens is 1. The summed E-state index contributed by atoms with van der Waals surface area (Å²) in [6.07, 6.45) is 3.31. The zero-order chi connectivity index (χ0) is 15.0. The van der Waals surface area contributed by atoms with E-state index in [-0.39, 0.29) is 28.6 Å². The maximum absolute atomic E-state index is 12.3. The molecule has 0 aromatic carbocycles. The van der Waals surface area contributed by atoms with Crippen molar-refractivity contribution in [2.75, 3.05) is 19.6 Å². The number of nitrogens with one attached hydrogen (secondary N) is 2. The average Bonchev–Trinajstić information content (AvgIpc) is 3.07. The Labute approximate surface area is 120 Å². The summed E-state index contributed by atoms with van der Waals surface area (Å²) in [5.41, 5.74) is 0.103. The van der Waals surface area contributed by atoms with Gasteiger partial charge >= 0.3 is 0 Å². The van der Waals surface area contributed by atoms with E-state index < -0.39 is 4.92 Å². The van der Waals surface area contributed by atoms with E-state index in [2.05, 4.69) is 10.3 Å². The highest BCUT2D eigenvalue weighted by molar-refractivity contribution is 5.93. The van der Waals surface area contributed by atoms with Crippen LogP contribution in [0, 0.1) is 15.5 Å². The van der Waals surface area contributed by atoms with Crippen LogP contribution in [-0.4, -0.2) is 46.3 Å². The second-order valence-corrected chi connectivity index (χ2v) is 5.77. The van der Waals surface area contributed by atoms with Gasteiger partial charge in [0.15, 0.2) is 0 Å². The van der Waals surface area contributed by atoms with Crippen LogP contribution in [0.3, 0.4) is 0 Å². The molecule has 2 aliphatic heterocycles. The highest BCUT2D eigenvalue weighted by Crippen LogP contribution is 2.37. The molecular weight excluding hydrogens is 276 g/mol. The van der Waals surface area contributed by atoms with E-state index >= 15 is 0 Å². The lowest BCUT2D eigenvalue weighted by Crippen LogP contribution is -2.44. The minimum Gasteiger partial charge on any atom is -0.356 e. The van der Waals surface area contributed by atoms with Crippen molar-refractivity contribution >= 4 is 17.5 Å². The van der Waals surface area contributed by atoms with Gasteiger partial charge < -0.3 is 15.2 Å². The minimum absolute atomic E-state index is 0.0183. The molecule has 0 unspecified atom stereocenters. The number of hydrogen-bond acceptors (Lipinski definition) is 4. The number of rotatable bonds is 2. The molecule has 2 saturated heterocycles. The number of likely N-dealkylation sites (tertiary alicyclic amines) is 1. The maximum atomic E-state index is 12.3. The molecular formula is C13H16N4O4. The molecule has 3 rings (SSSR count). The smallest absolute Gasteiger partial charge is 0.287 e. The van der Waals surface area contributed by atoms with Gasteiger partial charge in [-0.2, -0.15) is 0 Å². The van der Waals surface area contributed by atoms with E-state index in [4.69, 9.17) is 0 Å².